The number of fused-ring (bicyclic) bond motifs is 5. The molecular weight excluding hydrogens is 657 g/mol. The molecule has 3 amide bonds. The van der Waals surface area contributed by atoms with Crippen molar-refractivity contribution in [3.63, 3.8) is 0 Å². The van der Waals surface area contributed by atoms with Crippen molar-refractivity contribution in [2.24, 2.45) is 5.92 Å². The van der Waals surface area contributed by atoms with E-state index in [9.17, 15) is 22.8 Å². The van der Waals surface area contributed by atoms with Gasteiger partial charge in [-0.3, -0.25) is 19.1 Å². The molecule has 3 fully saturated rings. The molecule has 12 heteroatoms. The first-order valence-corrected chi connectivity index (χ1v) is 19.1. The lowest BCUT2D eigenvalue weighted by molar-refractivity contribution is -0.139. The monoisotopic (exact) mass is 696 g/mol. The lowest BCUT2D eigenvalue weighted by atomic mass is 10.1. The number of benzene rings is 2. The van der Waals surface area contributed by atoms with Gasteiger partial charge in [-0.25, -0.2) is 13.4 Å². The number of sulfonamides is 1. The van der Waals surface area contributed by atoms with Crippen LogP contribution in [0.15, 0.2) is 77.2 Å². The molecule has 2 aromatic carbocycles. The van der Waals surface area contributed by atoms with Gasteiger partial charge >= 0.3 is 0 Å². The van der Waals surface area contributed by atoms with E-state index in [1.165, 1.54) is 0 Å². The van der Waals surface area contributed by atoms with E-state index in [4.69, 9.17) is 14.1 Å². The summed E-state index contributed by atoms with van der Waals surface area (Å²) in [5.74, 6) is -1.27. The number of allylic oxidation sites excluding steroid dienone is 1. The van der Waals surface area contributed by atoms with E-state index in [-0.39, 0.29) is 31.2 Å². The van der Waals surface area contributed by atoms with Gasteiger partial charge in [0, 0.05) is 35.8 Å². The van der Waals surface area contributed by atoms with Crippen molar-refractivity contribution in [3.8, 4) is 17.0 Å². The van der Waals surface area contributed by atoms with Crippen LogP contribution in [0.1, 0.15) is 64.2 Å². The number of rotatable bonds is 6. The number of carbonyl (C=O) groups excluding carboxylic acids is 3. The Hall–Kier alpha value is -4.71. The summed E-state index contributed by atoms with van der Waals surface area (Å²) in [5.41, 5.74) is 1.99. The van der Waals surface area contributed by atoms with Crippen LogP contribution >= 0.6 is 0 Å². The molecule has 2 N–H and O–H groups in total. The Balaban J connectivity index is 1.10. The lowest BCUT2D eigenvalue weighted by Crippen LogP contribution is -2.56. The third-order valence-corrected chi connectivity index (χ3v) is 12.2. The third kappa shape index (κ3) is 6.25. The van der Waals surface area contributed by atoms with Gasteiger partial charge in [-0.15, -0.1) is 0 Å². The number of furan rings is 1. The molecule has 0 radical (unpaired) electrons. The highest BCUT2D eigenvalue weighted by atomic mass is 32.2. The minimum Gasteiger partial charge on any atom is -0.484 e. The quantitative estimate of drug-likeness (QED) is 0.255. The molecule has 4 aromatic rings. The van der Waals surface area contributed by atoms with E-state index in [1.807, 2.05) is 72.8 Å². The number of para-hydroxylation sites is 1. The zero-order chi connectivity index (χ0) is 34.5. The number of nitrogens with one attached hydrogen (secondary N) is 2. The first kappa shape index (κ1) is 32.5. The average molecular weight is 697 g/mol. The van der Waals surface area contributed by atoms with Crippen LogP contribution < -0.4 is 14.8 Å². The number of hydrogen-bond acceptors (Lipinski definition) is 8. The average Bonchev–Trinajstić information content (AvgIpc) is 4.01. The maximum atomic E-state index is 14.2. The summed E-state index contributed by atoms with van der Waals surface area (Å²) < 4.78 is 40.7. The van der Waals surface area contributed by atoms with Gasteiger partial charge in [-0.1, -0.05) is 67.5 Å². The Morgan fingerprint density at radius 3 is 2.62 bits per heavy atom. The minimum atomic E-state index is -3.83. The fourth-order valence-corrected chi connectivity index (χ4v) is 8.71. The third-order valence-electron chi connectivity index (χ3n) is 10.4. The smallest absolute Gasteiger partial charge is 0.259 e. The van der Waals surface area contributed by atoms with Crippen molar-refractivity contribution in [1.82, 2.24) is 19.9 Å². The highest BCUT2D eigenvalue weighted by Crippen LogP contribution is 2.46. The van der Waals surface area contributed by atoms with E-state index in [0.29, 0.717) is 53.8 Å². The maximum Gasteiger partial charge on any atom is 0.259 e. The van der Waals surface area contributed by atoms with Gasteiger partial charge in [0.05, 0.1) is 17.5 Å². The van der Waals surface area contributed by atoms with E-state index in [0.717, 1.165) is 36.6 Å². The summed E-state index contributed by atoms with van der Waals surface area (Å²) in [6.45, 7) is 0.167. The maximum absolute atomic E-state index is 14.2. The summed E-state index contributed by atoms with van der Waals surface area (Å²) in [7, 11) is -3.83. The molecule has 0 bridgehead atoms. The molecule has 11 nitrogen and oxygen atoms in total. The standard InChI is InChI=1S/C38H40N4O7S/c43-33-17-9-4-2-1-3-8-14-25-22-38(25,37(45)41-50(46,47)27-18-19-27)40-36(44)30-20-26(23-42(30)33)48-32-21-29(24-12-6-5-7-13-24)39-34-28-15-10-11-16-31(28)49-35(32)34/h5-8,10-16,21,25-27,30H,1-4,9,17-20,22-23H2,(H,40,44)(H,41,45)/b14-8-/t25-,26+,30-,38+/m0/s1. The predicted octanol–water partition coefficient (Wildman–Crippen LogP) is 5.39. The molecule has 50 heavy (non-hydrogen) atoms. The van der Waals surface area contributed by atoms with Gasteiger partial charge in [0.1, 0.15) is 28.8 Å². The highest BCUT2D eigenvalue weighted by Gasteiger charge is 2.62. The van der Waals surface area contributed by atoms with Gasteiger partial charge < -0.3 is 19.4 Å². The van der Waals surface area contributed by atoms with E-state index >= 15 is 0 Å². The molecule has 2 saturated carbocycles. The van der Waals surface area contributed by atoms with E-state index in [2.05, 4.69) is 10.0 Å². The number of nitrogens with zero attached hydrogens (tertiary/aromatic N) is 2. The predicted molar refractivity (Wildman–Crippen MR) is 187 cm³/mol. The van der Waals surface area contributed by atoms with Crippen molar-refractivity contribution in [2.75, 3.05) is 6.54 Å². The SMILES string of the molecule is O=C1N[C@]2(C(=O)NS(=O)(=O)C3CC3)C[C@@H]2/C=C\CCCCCCC(=O)N2C[C@H](Oc3cc(-c4ccccc4)nc4c3oc3ccccc34)C[C@@H]12. The van der Waals surface area contributed by atoms with Crippen molar-refractivity contribution >= 4 is 49.8 Å². The largest absolute Gasteiger partial charge is 0.484 e. The number of carbonyl (C=O) groups is 3. The van der Waals surface area contributed by atoms with Gasteiger partial charge in [0.25, 0.3) is 5.91 Å². The van der Waals surface area contributed by atoms with Gasteiger partial charge in [0.2, 0.25) is 21.8 Å². The van der Waals surface area contributed by atoms with E-state index < -0.39 is 44.8 Å². The first-order chi connectivity index (χ1) is 24.2. The van der Waals surface area contributed by atoms with Crippen LogP contribution in [0.4, 0.5) is 0 Å². The Morgan fingerprint density at radius 1 is 1.02 bits per heavy atom. The summed E-state index contributed by atoms with van der Waals surface area (Å²) in [6.07, 6.45) is 9.44. The highest BCUT2D eigenvalue weighted by molar-refractivity contribution is 7.91. The Kier molecular flexibility index (Phi) is 8.37. The topological polar surface area (TPSA) is 148 Å². The van der Waals surface area contributed by atoms with Gasteiger partial charge in [-0.05, 0) is 50.7 Å². The second kappa shape index (κ2) is 12.9. The molecule has 2 aliphatic carbocycles. The molecule has 2 aromatic heterocycles. The number of hydrogen-bond donors (Lipinski definition) is 2. The molecule has 1 saturated heterocycles. The van der Waals surface area contributed by atoms with Crippen molar-refractivity contribution in [2.45, 2.75) is 87.1 Å². The minimum absolute atomic E-state index is 0.153. The number of aromatic nitrogens is 1. The Labute approximate surface area is 290 Å². The second-order valence-electron chi connectivity index (χ2n) is 14.0. The van der Waals surface area contributed by atoms with Crippen molar-refractivity contribution in [1.29, 1.82) is 0 Å². The first-order valence-electron chi connectivity index (χ1n) is 17.6. The molecule has 2 aliphatic heterocycles. The van der Waals surface area contributed by atoms with Crippen LogP contribution in [-0.4, -0.2) is 65.5 Å². The van der Waals surface area contributed by atoms with Crippen LogP contribution in [-0.2, 0) is 24.4 Å². The molecule has 8 rings (SSSR count). The molecule has 260 valence electrons. The normalized spacial score (nSPS) is 26.7. The molecule has 0 unspecified atom stereocenters. The zero-order valence-electron chi connectivity index (χ0n) is 27.7. The number of amides is 3. The van der Waals surface area contributed by atoms with Crippen LogP contribution in [0.2, 0.25) is 0 Å². The fourth-order valence-electron chi connectivity index (χ4n) is 7.35. The Morgan fingerprint density at radius 2 is 1.80 bits per heavy atom. The zero-order valence-corrected chi connectivity index (χ0v) is 28.5. The van der Waals surface area contributed by atoms with Crippen LogP contribution in [0.3, 0.4) is 0 Å². The molecular formula is C38H40N4O7S. The van der Waals surface area contributed by atoms with Crippen molar-refractivity contribution in [3.05, 3.63) is 72.8 Å². The molecule has 4 aliphatic rings. The van der Waals surface area contributed by atoms with Crippen LogP contribution in [0.5, 0.6) is 5.75 Å². The fraction of sp³-hybridized carbons (Fsp3) is 0.421. The van der Waals surface area contributed by atoms with Gasteiger partial charge in [0.15, 0.2) is 11.3 Å². The summed E-state index contributed by atoms with van der Waals surface area (Å²) in [4.78, 5) is 48.0. The summed E-state index contributed by atoms with van der Waals surface area (Å²) in [6, 6.07) is 18.3. The van der Waals surface area contributed by atoms with E-state index in [1.54, 1.807) is 4.90 Å². The molecule has 0 spiro atoms. The molecule has 4 atom stereocenters. The molecule has 4 heterocycles. The number of ether oxygens (including phenoxy) is 1. The Bertz CT molecular complexity index is 2110. The lowest BCUT2D eigenvalue weighted by Gasteiger charge is -2.26. The number of pyridine rings is 1. The second-order valence-corrected chi connectivity index (χ2v) is 16.0. The summed E-state index contributed by atoms with van der Waals surface area (Å²) >= 11 is 0. The van der Waals surface area contributed by atoms with Crippen LogP contribution in [0.25, 0.3) is 33.3 Å². The van der Waals surface area contributed by atoms with Crippen LogP contribution in [0, 0.1) is 5.92 Å². The summed E-state index contributed by atoms with van der Waals surface area (Å²) in [5, 5.41) is 3.19. The van der Waals surface area contributed by atoms with Gasteiger partial charge in [-0.2, -0.15) is 0 Å². The van der Waals surface area contributed by atoms with Crippen molar-refractivity contribution < 1.29 is 32.0 Å².